The summed E-state index contributed by atoms with van der Waals surface area (Å²) in [5.41, 5.74) is 10.1. The Labute approximate surface area is 221 Å². The zero-order chi connectivity index (χ0) is 27.6. The van der Waals surface area contributed by atoms with E-state index in [1.165, 1.54) is 10.5 Å². The van der Waals surface area contributed by atoms with E-state index < -0.39 is 17.3 Å². The van der Waals surface area contributed by atoms with Gasteiger partial charge in [-0.05, 0) is 58.2 Å². The fourth-order valence-electron chi connectivity index (χ4n) is 4.29. The van der Waals surface area contributed by atoms with Crippen molar-refractivity contribution >= 4 is 40.8 Å². The number of nitrogen functional groups attached to an aromatic ring is 1. The van der Waals surface area contributed by atoms with Gasteiger partial charge in [0.25, 0.3) is 5.91 Å². The number of hydrogen-bond donors (Lipinski definition) is 2. The van der Waals surface area contributed by atoms with Gasteiger partial charge in [-0.25, -0.2) is 14.2 Å². The first-order valence-electron chi connectivity index (χ1n) is 12.5. The number of rotatable bonds is 5. The number of anilines is 2. The molecule has 2 amide bonds. The molecule has 0 saturated heterocycles. The highest BCUT2D eigenvalue weighted by Gasteiger charge is 2.25. The molecule has 0 spiro atoms. The van der Waals surface area contributed by atoms with Gasteiger partial charge in [-0.2, -0.15) is 0 Å². The molecule has 3 N–H and O–H groups in total. The maximum absolute atomic E-state index is 14.5. The molecule has 0 radical (unpaired) electrons. The van der Waals surface area contributed by atoms with Gasteiger partial charge in [0.2, 0.25) is 0 Å². The number of ether oxygens (including phenoxy) is 1. The van der Waals surface area contributed by atoms with Crippen molar-refractivity contribution in [3.63, 3.8) is 0 Å². The largest absolute Gasteiger partial charge is 0.444 e. The molecule has 9 nitrogen and oxygen atoms in total. The molecular weight excluding hydrogens is 487 g/mol. The Morgan fingerprint density at radius 3 is 2.71 bits per heavy atom. The minimum atomic E-state index is -0.565. The van der Waals surface area contributed by atoms with E-state index in [1.54, 1.807) is 36.5 Å². The summed E-state index contributed by atoms with van der Waals surface area (Å²) in [6.07, 6.45) is 7.16. The molecule has 0 bridgehead atoms. The number of hydrogen-bond acceptors (Lipinski definition) is 6. The van der Waals surface area contributed by atoms with Crippen LogP contribution in [0.3, 0.4) is 0 Å². The van der Waals surface area contributed by atoms with E-state index in [0.29, 0.717) is 37.3 Å². The Bertz CT molecular complexity index is 1450. The van der Waals surface area contributed by atoms with Crippen LogP contribution in [0.15, 0.2) is 41.7 Å². The van der Waals surface area contributed by atoms with Crippen LogP contribution in [-0.4, -0.2) is 57.7 Å². The maximum atomic E-state index is 14.5. The van der Waals surface area contributed by atoms with Crippen LogP contribution in [0.4, 0.5) is 20.6 Å². The quantitative estimate of drug-likeness (QED) is 0.360. The molecule has 0 aliphatic carbocycles. The van der Waals surface area contributed by atoms with Crippen molar-refractivity contribution in [1.82, 2.24) is 14.3 Å². The highest BCUT2D eigenvalue weighted by atomic mass is 19.1. The lowest BCUT2D eigenvalue weighted by Crippen LogP contribution is -2.39. The number of carbonyl (C=O) groups excluding carboxylic acids is 2. The summed E-state index contributed by atoms with van der Waals surface area (Å²) < 4.78 is 21.5. The number of fused-ring (bicyclic) bond motifs is 1. The Kier molecular flexibility index (Phi) is 7.52. The van der Waals surface area contributed by atoms with E-state index in [9.17, 15) is 14.0 Å². The van der Waals surface area contributed by atoms with Crippen molar-refractivity contribution in [3.05, 3.63) is 64.9 Å². The first-order valence-corrected chi connectivity index (χ1v) is 12.5. The van der Waals surface area contributed by atoms with Crippen molar-refractivity contribution in [3.8, 4) is 0 Å². The molecule has 200 valence electrons. The molecule has 38 heavy (non-hydrogen) atoms. The Morgan fingerprint density at radius 1 is 1.29 bits per heavy atom. The molecule has 3 heterocycles. The fraction of sp³-hybridized carbons (Fsp3) is 0.357. The average molecular weight is 521 g/mol. The summed E-state index contributed by atoms with van der Waals surface area (Å²) in [5, 5.41) is 2.74. The molecule has 1 aliphatic rings. The highest BCUT2D eigenvalue weighted by Crippen LogP contribution is 2.31. The van der Waals surface area contributed by atoms with Crippen LogP contribution in [0.1, 0.15) is 61.3 Å². The molecule has 0 fully saturated rings. The van der Waals surface area contributed by atoms with Crippen molar-refractivity contribution in [2.24, 2.45) is 4.99 Å². The summed E-state index contributed by atoms with van der Waals surface area (Å²) in [4.78, 5) is 35.8. The molecule has 10 heteroatoms. The summed E-state index contributed by atoms with van der Waals surface area (Å²) in [6, 6.07) is 4.72. The standard InChI is InChI=1S/C28H33FN6O3/c1-6-31-14-22-20(18-9-11-34(12-10-18)27(37)38-28(3,4)5)7-8-21(24(22)30)26(36)33-19-13-23(29)25-32-17(2)15-35(25)16-19/h7-9,13-16H,6,10-12,30H2,1-5H3,(H,33,36). The van der Waals surface area contributed by atoms with Gasteiger partial charge in [-0.3, -0.25) is 9.79 Å². The van der Waals surface area contributed by atoms with E-state index in [1.807, 2.05) is 39.8 Å². The van der Waals surface area contributed by atoms with Crippen LogP contribution in [0, 0.1) is 12.7 Å². The summed E-state index contributed by atoms with van der Waals surface area (Å²) in [5.74, 6) is -1.01. The van der Waals surface area contributed by atoms with Crippen molar-refractivity contribution in [1.29, 1.82) is 0 Å². The molecule has 3 aromatic rings. The number of imidazole rings is 1. The molecule has 1 aliphatic heterocycles. The van der Waals surface area contributed by atoms with Crippen molar-refractivity contribution in [2.75, 3.05) is 30.7 Å². The zero-order valence-electron chi connectivity index (χ0n) is 22.3. The van der Waals surface area contributed by atoms with E-state index in [2.05, 4.69) is 15.3 Å². The van der Waals surface area contributed by atoms with Crippen molar-refractivity contribution < 1.29 is 18.7 Å². The number of pyridine rings is 1. The number of aromatic nitrogens is 2. The SMILES string of the molecule is CCN=Cc1c(C2=CCN(C(=O)OC(C)(C)C)CC2)ccc(C(=O)Nc2cc(F)c3nc(C)cn3c2)c1N. The molecular formula is C28H33FN6O3. The molecule has 1 aromatic carbocycles. The lowest BCUT2D eigenvalue weighted by molar-refractivity contribution is 0.0270. The third kappa shape index (κ3) is 5.85. The second-order valence-corrected chi connectivity index (χ2v) is 10.2. The first kappa shape index (κ1) is 26.8. The highest BCUT2D eigenvalue weighted by molar-refractivity contribution is 6.11. The molecule has 0 atom stereocenters. The molecule has 4 rings (SSSR count). The third-order valence-corrected chi connectivity index (χ3v) is 6.03. The zero-order valence-corrected chi connectivity index (χ0v) is 22.3. The molecule has 2 aromatic heterocycles. The summed E-state index contributed by atoms with van der Waals surface area (Å²) in [6.45, 7) is 10.6. The first-order chi connectivity index (χ1) is 18.0. The van der Waals surface area contributed by atoms with Gasteiger partial charge in [0.1, 0.15) is 5.60 Å². The predicted molar refractivity (Wildman–Crippen MR) is 147 cm³/mol. The van der Waals surface area contributed by atoms with E-state index in [0.717, 1.165) is 11.1 Å². The number of nitrogens with zero attached hydrogens (tertiary/aromatic N) is 4. The van der Waals surface area contributed by atoms with Crippen LogP contribution >= 0.6 is 0 Å². The number of carbonyl (C=O) groups is 2. The number of halogens is 1. The Balaban J connectivity index is 1.60. The van der Waals surface area contributed by atoms with Gasteiger partial charge < -0.3 is 25.1 Å². The smallest absolute Gasteiger partial charge is 0.410 e. The summed E-state index contributed by atoms with van der Waals surface area (Å²) >= 11 is 0. The summed E-state index contributed by atoms with van der Waals surface area (Å²) in [7, 11) is 0. The monoisotopic (exact) mass is 520 g/mol. The predicted octanol–water partition coefficient (Wildman–Crippen LogP) is 5.08. The van der Waals surface area contributed by atoms with Crippen molar-refractivity contribution in [2.45, 2.75) is 46.6 Å². The topological polar surface area (TPSA) is 114 Å². The minimum absolute atomic E-state index is 0.188. The van der Waals surface area contributed by atoms with Crippen LogP contribution in [-0.2, 0) is 4.74 Å². The fourth-order valence-corrected chi connectivity index (χ4v) is 4.29. The van der Waals surface area contributed by atoms with Gasteiger partial charge in [0.15, 0.2) is 11.5 Å². The lowest BCUT2D eigenvalue weighted by atomic mass is 9.92. The van der Waals surface area contributed by atoms with Crippen LogP contribution in [0.5, 0.6) is 0 Å². The molecule has 0 saturated carbocycles. The Morgan fingerprint density at radius 2 is 2.05 bits per heavy atom. The normalized spacial score (nSPS) is 14.2. The van der Waals surface area contributed by atoms with Gasteiger partial charge in [-0.1, -0.05) is 12.1 Å². The Hall–Kier alpha value is -4.21. The van der Waals surface area contributed by atoms with Gasteiger partial charge >= 0.3 is 6.09 Å². The number of nitrogens with one attached hydrogen (secondary N) is 1. The van der Waals surface area contributed by atoms with Gasteiger partial charge in [-0.15, -0.1) is 0 Å². The number of benzene rings is 1. The minimum Gasteiger partial charge on any atom is -0.444 e. The van der Waals surface area contributed by atoms with Crippen LogP contribution in [0.25, 0.3) is 11.2 Å². The average Bonchev–Trinajstić information content (AvgIpc) is 3.22. The van der Waals surface area contributed by atoms with Crippen LogP contribution in [0.2, 0.25) is 0 Å². The third-order valence-electron chi connectivity index (χ3n) is 6.03. The van der Waals surface area contributed by atoms with E-state index >= 15 is 0 Å². The van der Waals surface area contributed by atoms with E-state index in [4.69, 9.17) is 10.5 Å². The number of aryl methyl sites for hydroxylation is 1. The number of aliphatic imine (C=N–C) groups is 1. The maximum Gasteiger partial charge on any atom is 0.410 e. The van der Waals surface area contributed by atoms with Gasteiger partial charge in [0, 0.05) is 49.9 Å². The number of amides is 2. The second kappa shape index (κ2) is 10.6. The molecule has 0 unspecified atom stereocenters. The van der Waals surface area contributed by atoms with E-state index in [-0.39, 0.29) is 28.7 Å². The second-order valence-electron chi connectivity index (χ2n) is 10.2. The van der Waals surface area contributed by atoms with Crippen LogP contribution < -0.4 is 11.1 Å². The number of nitrogens with two attached hydrogens (primary N) is 1. The lowest BCUT2D eigenvalue weighted by Gasteiger charge is -2.30. The van der Waals surface area contributed by atoms with Gasteiger partial charge in [0.05, 0.1) is 22.6 Å².